The van der Waals surface area contributed by atoms with Gasteiger partial charge in [0, 0.05) is 12.3 Å². The molecule has 108 valence electrons. The summed E-state index contributed by atoms with van der Waals surface area (Å²) in [6.45, 7) is 4.76. The fraction of sp³-hybridized carbons (Fsp3) is 0.385. The van der Waals surface area contributed by atoms with E-state index in [1.165, 1.54) is 17.8 Å². The molecule has 1 N–H and O–H groups in total. The molecule has 0 aromatic carbocycles. The van der Waals surface area contributed by atoms with Crippen LogP contribution in [-0.2, 0) is 18.7 Å². The topological polar surface area (TPSA) is 68.3 Å². The minimum absolute atomic E-state index is 0.0585. The molecular formula is C13H15ClN2O3S. The summed E-state index contributed by atoms with van der Waals surface area (Å²) >= 11 is 7.71. The average molecular weight is 315 g/mol. The van der Waals surface area contributed by atoms with Crippen LogP contribution in [0.5, 0.6) is 0 Å². The molecule has 0 atom stereocenters. The number of thioether (sulfide) groups is 1. The molecule has 2 aromatic heterocycles. The largest absolute Gasteiger partial charge is 0.475 e. The first-order valence-corrected chi connectivity index (χ1v) is 7.63. The van der Waals surface area contributed by atoms with Crippen molar-refractivity contribution in [2.24, 2.45) is 0 Å². The number of hydrogen-bond donors (Lipinski definition) is 1. The van der Waals surface area contributed by atoms with Crippen LogP contribution in [0.25, 0.3) is 0 Å². The van der Waals surface area contributed by atoms with Crippen LogP contribution in [0.2, 0.25) is 5.02 Å². The predicted octanol–water partition coefficient (Wildman–Crippen LogP) is 3.70. The highest BCUT2D eigenvalue weighted by atomic mass is 35.5. The molecule has 0 unspecified atom stereocenters. The molecule has 2 aromatic rings. The van der Waals surface area contributed by atoms with Crippen LogP contribution in [0.15, 0.2) is 21.6 Å². The van der Waals surface area contributed by atoms with Gasteiger partial charge in [0.2, 0.25) is 5.76 Å². The van der Waals surface area contributed by atoms with E-state index in [1.807, 2.05) is 18.5 Å². The van der Waals surface area contributed by atoms with Gasteiger partial charge in [-0.1, -0.05) is 30.3 Å². The molecule has 0 aliphatic rings. The Morgan fingerprint density at radius 2 is 2.25 bits per heavy atom. The number of nitrogens with zero attached hydrogens (tertiary/aromatic N) is 2. The second kappa shape index (κ2) is 6.37. The number of carboxylic acid groups (broad SMARTS) is 1. The van der Waals surface area contributed by atoms with E-state index >= 15 is 0 Å². The zero-order valence-electron chi connectivity index (χ0n) is 11.2. The molecule has 20 heavy (non-hydrogen) atoms. The van der Waals surface area contributed by atoms with E-state index in [4.69, 9.17) is 21.1 Å². The summed E-state index contributed by atoms with van der Waals surface area (Å²) in [5.74, 6) is -0.537. The van der Waals surface area contributed by atoms with Crippen LogP contribution in [0.3, 0.4) is 0 Å². The quantitative estimate of drug-likeness (QED) is 0.823. The molecule has 7 heteroatoms. The SMILES string of the molecule is CCc1nn(CC)c(CSc2ccc(C(=O)O)o2)c1Cl. The van der Waals surface area contributed by atoms with E-state index in [-0.39, 0.29) is 5.76 Å². The maximum Gasteiger partial charge on any atom is 0.371 e. The van der Waals surface area contributed by atoms with Crippen molar-refractivity contribution in [3.8, 4) is 0 Å². The summed E-state index contributed by atoms with van der Waals surface area (Å²) in [5, 5.41) is 14.5. The Morgan fingerprint density at radius 1 is 1.50 bits per heavy atom. The minimum Gasteiger partial charge on any atom is -0.475 e. The summed E-state index contributed by atoms with van der Waals surface area (Å²) in [6, 6.07) is 3.09. The summed E-state index contributed by atoms with van der Waals surface area (Å²) < 4.78 is 7.07. The number of aromatic nitrogens is 2. The summed E-state index contributed by atoms with van der Waals surface area (Å²) in [6.07, 6.45) is 0.785. The highest BCUT2D eigenvalue weighted by molar-refractivity contribution is 7.98. The Bertz CT molecular complexity index is 621. The van der Waals surface area contributed by atoms with Crippen molar-refractivity contribution < 1.29 is 14.3 Å². The number of furan rings is 1. The van der Waals surface area contributed by atoms with Gasteiger partial charge in [-0.3, -0.25) is 4.68 Å². The Hall–Kier alpha value is -1.40. The third-order valence-corrected chi connectivity index (χ3v) is 4.20. The van der Waals surface area contributed by atoms with Gasteiger partial charge in [0.1, 0.15) is 0 Å². The normalized spacial score (nSPS) is 10.9. The molecule has 0 bridgehead atoms. The first-order valence-electron chi connectivity index (χ1n) is 6.26. The van der Waals surface area contributed by atoms with Gasteiger partial charge in [0.05, 0.1) is 16.4 Å². The maximum absolute atomic E-state index is 10.7. The molecule has 0 saturated heterocycles. The van der Waals surface area contributed by atoms with Crippen LogP contribution in [0, 0.1) is 0 Å². The number of rotatable bonds is 6. The fourth-order valence-electron chi connectivity index (χ4n) is 1.81. The van der Waals surface area contributed by atoms with Crippen molar-refractivity contribution in [3.63, 3.8) is 0 Å². The predicted molar refractivity (Wildman–Crippen MR) is 77.5 cm³/mol. The number of carboxylic acids is 1. The number of hydrogen-bond acceptors (Lipinski definition) is 4. The van der Waals surface area contributed by atoms with E-state index in [0.717, 1.165) is 24.4 Å². The first kappa shape index (κ1) is 15.0. The maximum atomic E-state index is 10.7. The van der Waals surface area contributed by atoms with Gasteiger partial charge in [0.25, 0.3) is 0 Å². The molecule has 5 nitrogen and oxygen atoms in total. The van der Waals surface area contributed by atoms with E-state index in [2.05, 4.69) is 5.10 Å². The summed E-state index contributed by atoms with van der Waals surface area (Å²) in [4.78, 5) is 10.7. The number of aryl methyl sites for hydroxylation is 2. The lowest BCUT2D eigenvalue weighted by molar-refractivity contribution is 0.0656. The molecular weight excluding hydrogens is 300 g/mol. The number of halogens is 1. The van der Waals surface area contributed by atoms with Gasteiger partial charge in [-0.15, -0.1) is 0 Å². The Balaban J connectivity index is 2.13. The van der Waals surface area contributed by atoms with Gasteiger partial charge in [0.15, 0.2) is 5.09 Å². The standard InChI is InChI=1S/C13H15ClN2O3S/c1-3-8-12(14)9(16(4-2)15-8)7-20-11-6-5-10(19-11)13(17)18/h5-6H,3-4,7H2,1-2H3,(H,17,18). The second-order valence-electron chi connectivity index (χ2n) is 4.09. The highest BCUT2D eigenvalue weighted by Crippen LogP contribution is 2.30. The lowest BCUT2D eigenvalue weighted by Crippen LogP contribution is -2.01. The van der Waals surface area contributed by atoms with E-state index in [0.29, 0.717) is 15.9 Å². The lowest BCUT2D eigenvalue weighted by Gasteiger charge is -2.03. The zero-order chi connectivity index (χ0) is 14.7. The average Bonchev–Trinajstić information content (AvgIpc) is 3.01. The van der Waals surface area contributed by atoms with Crippen LogP contribution < -0.4 is 0 Å². The zero-order valence-corrected chi connectivity index (χ0v) is 12.8. The molecule has 0 amide bonds. The third kappa shape index (κ3) is 3.02. The Kier molecular flexibility index (Phi) is 4.77. The third-order valence-electron chi connectivity index (χ3n) is 2.84. The van der Waals surface area contributed by atoms with Crippen molar-refractivity contribution in [1.29, 1.82) is 0 Å². The van der Waals surface area contributed by atoms with Crippen LogP contribution in [-0.4, -0.2) is 20.9 Å². The van der Waals surface area contributed by atoms with Crippen molar-refractivity contribution in [2.75, 3.05) is 0 Å². The molecule has 0 radical (unpaired) electrons. The molecule has 0 aliphatic carbocycles. The van der Waals surface area contributed by atoms with Gasteiger partial charge >= 0.3 is 5.97 Å². The first-order chi connectivity index (χ1) is 9.56. The summed E-state index contributed by atoms with van der Waals surface area (Å²) in [5.41, 5.74) is 1.82. The van der Waals surface area contributed by atoms with Crippen molar-refractivity contribution in [2.45, 2.75) is 37.7 Å². The number of aromatic carboxylic acids is 1. The molecule has 0 saturated carbocycles. The van der Waals surface area contributed by atoms with E-state index in [9.17, 15) is 4.79 Å². The van der Waals surface area contributed by atoms with Crippen molar-refractivity contribution >= 4 is 29.3 Å². The number of carbonyl (C=O) groups is 1. The minimum atomic E-state index is -1.07. The highest BCUT2D eigenvalue weighted by Gasteiger charge is 2.16. The van der Waals surface area contributed by atoms with E-state index < -0.39 is 5.97 Å². The summed E-state index contributed by atoms with van der Waals surface area (Å²) in [7, 11) is 0. The lowest BCUT2D eigenvalue weighted by atomic mass is 10.3. The molecule has 0 fully saturated rings. The van der Waals surface area contributed by atoms with Gasteiger partial charge in [-0.05, 0) is 25.5 Å². The monoisotopic (exact) mass is 314 g/mol. The van der Waals surface area contributed by atoms with Crippen molar-refractivity contribution in [1.82, 2.24) is 9.78 Å². The van der Waals surface area contributed by atoms with Crippen molar-refractivity contribution in [3.05, 3.63) is 34.3 Å². The van der Waals surface area contributed by atoms with Crippen LogP contribution in [0.4, 0.5) is 0 Å². The molecule has 2 heterocycles. The van der Waals surface area contributed by atoms with Gasteiger partial charge < -0.3 is 9.52 Å². The van der Waals surface area contributed by atoms with E-state index in [1.54, 1.807) is 6.07 Å². The fourth-order valence-corrected chi connectivity index (χ4v) is 3.11. The van der Waals surface area contributed by atoms with Gasteiger partial charge in [-0.2, -0.15) is 5.10 Å². The second-order valence-corrected chi connectivity index (χ2v) is 5.45. The van der Waals surface area contributed by atoms with Crippen LogP contribution in [0.1, 0.15) is 35.8 Å². The smallest absolute Gasteiger partial charge is 0.371 e. The molecule has 0 spiro atoms. The van der Waals surface area contributed by atoms with Gasteiger partial charge in [-0.25, -0.2) is 4.79 Å². The molecule has 2 rings (SSSR count). The molecule has 0 aliphatic heterocycles. The van der Waals surface area contributed by atoms with Crippen LogP contribution >= 0.6 is 23.4 Å². The Morgan fingerprint density at radius 3 is 2.80 bits per heavy atom. The Labute approximate surface area is 125 Å².